The highest BCUT2D eigenvalue weighted by molar-refractivity contribution is 7.08. The van der Waals surface area contributed by atoms with Crippen LogP contribution in [0.15, 0.2) is 29.4 Å². The minimum absolute atomic E-state index is 0.497. The van der Waals surface area contributed by atoms with E-state index in [1.807, 2.05) is 22.2 Å². The van der Waals surface area contributed by atoms with Gasteiger partial charge in [-0.2, -0.15) is 11.3 Å². The van der Waals surface area contributed by atoms with Gasteiger partial charge in [-0.3, -0.25) is 0 Å². The smallest absolute Gasteiger partial charge is 0.0996 e. The molecule has 3 nitrogen and oxygen atoms in total. The molecule has 0 spiro atoms. The van der Waals surface area contributed by atoms with Crippen molar-refractivity contribution in [1.29, 1.82) is 0 Å². The maximum absolute atomic E-state index is 5.44. The lowest BCUT2D eigenvalue weighted by molar-refractivity contribution is 1.01. The second-order valence-corrected chi connectivity index (χ2v) is 3.24. The Morgan fingerprint density at radius 3 is 3.08 bits per heavy atom. The molecule has 0 aliphatic carbocycles. The maximum atomic E-state index is 5.44. The van der Waals surface area contributed by atoms with Crippen LogP contribution in [-0.2, 0) is 6.54 Å². The van der Waals surface area contributed by atoms with Crippen molar-refractivity contribution in [2.75, 3.05) is 0 Å². The monoisotopic (exact) mass is 179 g/mol. The van der Waals surface area contributed by atoms with E-state index in [9.17, 15) is 0 Å². The zero-order valence-electron chi connectivity index (χ0n) is 6.47. The van der Waals surface area contributed by atoms with Crippen LogP contribution in [0.25, 0.3) is 5.69 Å². The van der Waals surface area contributed by atoms with E-state index in [0.717, 1.165) is 11.4 Å². The fourth-order valence-corrected chi connectivity index (χ4v) is 1.65. The lowest BCUT2D eigenvalue weighted by Gasteiger charge is -1.93. The van der Waals surface area contributed by atoms with Crippen LogP contribution in [0.2, 0.25) is 0 Å². The molecule has 0 atom stereocenters. The number of rotatable bonds is 2. The Kier molecular flexibility index (Phi) is 1.93. The Hall–Kier alpha value is -1.13. The summed E-state index contributed by atoms with van der Waals surface area (Å²) in [6, 6.07) is 2.05. The molecule has 0 aliphatic rings. The Labute approximate surface area is 74.5 Å². The van der Waals surface area contributed by atoms with Gasteiger partial charge in [0.25, 0.3) is 0 Å². The predicted octanol–water partition coefficient (Wildman–Crippen LogP) is 1.39. The van der Waals surface area contributed by atoms with Crippen LogP contribution in [0.4, 0.5) is 0 Å². The minimum atomic E-state index is 0.497. The molecule has 2 aromatic rings. The lowest BCUT2D eigenvalue weighted by Crippen LogP contribution is -1.95. The molecule has 12 heavy (non-hydrogen) atoms. The topological polar surface area (TPSA) is 43.8 Å². The number of aromatic nitrogens is 2. The zero-order chi connectivity index (χ0) is 8.39. The second-order valence-electron chi connectivity index (χ2n) is 2.46. The summed E-state index contributed by atoms with van der Waals surface area (Å²) in [5, 5.41) is 4.11. The average molecular weight is 179 g/mol. The first-order valence-corrected chi connectivity index (χ1v) is 4.60. The van der Waals surface area contributed by atoms with Gasteiger partial charge in [0, 0.05) is 18.1 Å². The molecule has 0 aromatic carbocycles. The quantitative estimate of drug-likeness (QED) is 0.757. The molecule has 0 saturated carbocycles. The maximum Gasteiger partial charge on any atom is 0.0996 e. The summed E-state index contributed by atoms with van der Waals surface area (Å²) in [7, 11) is 0. The van der Waals surface area contributed by atoms with E-state index >= 15 is 0 Å². The van der Waals surface area contributed by atoms with E-state index in [-0.39, 0.29) is 0 Å². The fourth-order valence-electron chi connectivity index (χ4n) is 1.01. The molecule has 2 rings (SSSR count). The van der Waals surface area contributed by atoms with Crippen molar-refractivity contribution < 1.29 is 0 Å². The number of nitrogens with zero attached hydrogens (tertiary/aromatic N) is 2. The molecule has 0 bridgehead atoms. The number of thiophene rings is 1. The highest BCUT2D eigenvalue weighted by Gasteiger charge is 1.98. The minimum Gasteiger partial charge on any atom is -0.325 e. The predicted molar refractivity (Wildman–Crippen MR) is 49.3 cm³/mol. The van der Waals surface area contributed by atoms with Crippen molar-refractivity contribution in [2.45, 2.75) is 6.54 Å². The Morgan fingerprint density at radius 1 is 1.58 bits per heavy atom. The molecule has 4 heteroatoms. The highest BCUT2D eigenvalue weighted by atomic mass is 32.1. The number of hydrogen-bond donors (Lipinski definition) is 1. The van der Waals surface area contributed by atoms with Crippen molar-refractivity contribution in [3.63, 3.8) is 0 Å². The summed E-state index contributed by atoms with van der Waals surface area (Å²) < 4.78 is 1.97. The third-order valence-electron chi connectivity index (χ3n) is 1.65. The van der Waals surface area contributed by atoms with Crippen LogP contribution in [0.5, 0.6) is 0 Å². The standard InChI is InChI=1S/C8H9N3S/c9-3-7-4-11(6-10-7)8-1-2-12-5-8/h1-2,4-6H,3,9H2. The average Bonchev–Trinajstić information content (AvgIpc) is 2.75. The Morgan fingerprint density at radius 2 is 2.50 bits per heavy atom. The van der Waals surface area contributed by atoms with E-state index in [2.05, 4.69) is 10.4 Å². The van der Waals surface area contributed by atoms with E-state index in [0.29, 0.717) is 6.54 Å². The highest BCUT2D eigenvalue weighted by Crippen LogP contribution is 2.11. The van der Waals surface area contributed by atoms with E-state index in [4.69, 9.17) is 5.73 Å². The molecule has 62 valence electrons. The molecule has 0 saturated heterocycles. The Balaban J connectivity index is 2.35. The van der Waals surface area contributed by atoms with Crippen molar-refractivity contribution in [2.24, 2.45) is 5.73 Å². The second kappa shape index (κ2) is 3.08. The zero-order valence-corrected chi connectivity index (χ0v) is 7.29. The summed E-state index contributed by atoms with van der Waals surface area (Å²) in [6.07, 6.45) is 3.73. The van der Waals surface area contributed by atoms with Gasteiger partial charge in [0.2, 0.25) is 0 Å². The van der Waals surface area contributed by atoms with Gasteiger partial charge in [-0.15, -0.1) is 0 Å². The molecule has 0 radical (unpaired) electrons. The van der Waals surface area contributed by atoms with E-state index < -0.39 is 0 Å². The van der Waals surface area contributed by atoms with Crippen LogP contribution >= 0.6 is 11.3 Å². The summed E-state index contributed by atoms with van der Waals surface area (Å²) in [5.41, 5.74) is 7.51. The molecular weight excluding hydrogens is 170 g/mol. The molecular formula is C8H9N3S. The lowest BCUT2D eigenvalue weighted by atomic mass is 10.5. The molecule has 0 fully saturated rings. The SMILES string of the molecule is NCc1cn(-c2ccsc2)cn1. The summed E-state index contributed by atoms with van der Waals surface area (Å²) >= 11 is 1.67. The van der Waals surface area contributed by atoms with Gasteiger partial charge in [0.15, 0.2) is 0 Å². The van der Waals surface area contributed by atoms with Crippen molar-refractivity contribution >= 4 is 11.3 Å². The van der Waals surface area contributed by atoms with E-state index in [1.54, 1.807) is 17.7 Å². The van der Waals surface area contributed by atoms with Gasteiger partial charge in [0.05, 0.1) is 17.7 Å². The van der Waals surface area contributed by atoms with Gasteiger partial charge in [-0.1, -0.05) is 0 Å². The summed E-state index contributed by atoms with van der Waals surface area (Å²) in [5.74, 6) is 0. The van der Waals surface area contributed by atoms with Crippen molar-refractivity contribution in [1.82, 2.24) is 9.55 Å². The normalized spacial score (nSPS) is 10.4. The van der Waals surface area contributed by atoms with Crippen molar-refractivity contribution in [3.05, 3.63) is 35.0 Å². The van der Waals surface area contributed by atoms with E-state index in [1.165, 1.54) is 0 Å². The van der Waals surface area contributed by atoms with Crippen LogP contribution in [0.3, 0.4) is 0 Å². The first-order chi connectivity index (χ1) is 5.90. The van der Waals surface area contributed by atoms with Crippen LogP contribution < -0.4 is 5.73 Å². The van der Waals surface area contributed by atoms with Gasteiger partial charge in [-0.25, -0.2) is 4.98 Å². The van der Waals surface area contributed by atoms with Gasteiger partial charge in [0.1, 0.15) is 0 Å². The molecule has 0 unspecified atom stereocenters. The first kappa shape index (κ1) is 7.52. The van der Waals surface area contributed by atoms with Gasteiger partial charge < -0.3 is 10.3 Å². The third kappa shape index (κ3) is 1.26. The van der Waals surface area contributed by atoms with Crippen LogP contribution in [-0.4, -0.2) is 9.55 Å². The number of imidazole rings is 1. The molecule has 2 heterocycles. The first-order valence-electron chi connectivity index (χ1n) is 3.65. The Bertz CT molecular complexity index is 350. The summed E-state index contributed by atoms with van der Waals surface area (Å²) in [4.78, 5) is 4.13. The molecule has 2 N–H and O–H groups in total. The molecule has 0 amide bonds. The van der Waals surface area contributed by atoms with Gasteiger partial charge >= 0.3 is 0 Å². The fraction of sp³-hybridized carbons (Fsp3) is 0.125. The van der Waals surface area contributed by atoms with Crippen molar-refractivity contribution in [3.8, 4) is 5.69 Å². The number of hydrogen-bond acceptors (Lipinski definition) is 3. The van der Waals surface area contributed by atoms with Gasteiger partial charge in [-0.05, 0) is 11.4 Å². The summed E-state index contributed by atoms with van der Waals surface area (Å²) in [6.45, 7) is 0.497. The largest absolute Gasteiger partial charge is 0.325 e. The van der Waals surface area contributed by atoms with Crippen LogP contribution in [0, 0.1) is 0 Å². The molecule has 2 aromatic heterocycles. The molecule has 0 aliphatic heterocycles. The van der Waals surface area contributed by atoms with Crippen LogP contribution in [0.1, 0.15) is 5.69 Å². The number of nitrogens with two attached hydrogens (primary N) is 1. The third-order valence-corrected chi connectivity index (χ3v) is 2.32.